The summed E-state index contributed by atoms with van der Waals surface area (Å²) in [6, 6.07) is 8.37. The van der Waals surface area contributed by atoms with Crippen LogP contribution in [0, 0.1) is 6.92 Å². The van der Waals surface area contributed by atoms with Gasteiger partial charge in [-0.3, -0.25) is 4.79 Å². The van der Waals surface area contributed by atoms with Crippen LogP contribution in [0.3, 0.4) is 0 Å². The molecule has 0 bridgehead atoms. The van der Waals surface area contributed by atoms with Crippen LogP contribution < -0.4 is 5.32 Å². The van der Waals surface area contributed by atoms with Gasteiger partial charge >= 0.3 is 5.97 Å². The summed E-state index contributed by atoms with van der Waals surface area (Å²) >= 11 is 1.86. The number of benzene rings is 1. The van der Waals surface area contributed by atoms with Crippen molar-refractivity contribution in [2.45, 2.75) is 39.0 Å². The molecule has 0 heterocycles. The minimum absolute atomic E-state index is 0.134. The predicted molar refractivity (Wildman–Crippen MR) is 86.1 cm³/mol. The lowest BCUT2D eigenvalue weighted by Gasteiger charge is -2.15. The van der Waals surface area contributed by atoms with Crippen LogP contribution >= 0.6 is 11.8 Å². The number of rotatable bonds is 9. The van der Waals surface area contributed by atoms with E-state index in [2.05, 4.69) is 36.5 Å². The number of thioether (sulfide) groups is 1. The van der Waals surface area contributed by atoms with Crippen molar-refractivity contribution in [3.63, 3.8) is 0 Å². The van der Waals surface area contributed by atoms with Gasteiger partial charge in [-0.25, -0.2) is 0 Å². The van der Waals surface area contributed by atoms with Gasteiger partial charge in [-0.1, -0.05) is 36.8 Å². The third-order valence-corrected chi connectivity index (χ3v) is 3.99. The molecule has 1 N–H and O–H groups in total. The van der Waals surface area contributed by atoms with Gasteiger partial charge < -0.3 is 10.1 Å². The molecule has 0 aliphatic heterocycles. The molecule has 1 unspecified atom stereocenters. The first-order valence-corrected chi connectivity index (χ1v) is 8.36. The molecule has 0 fully saturated rings. The van der Waals surface area contributed by atoms with Gasteiger partial charge in [0.25, 0.3) is 0 Å². The number of nitrogens with one attached hydrogen (secondary N) is 1. The molecule has 0 aromatic heterocycles. The number of hydrogen-bond acceptors (Lipinski definition) is 4. The third kappa shape index (κ3) is 6.44. The average molecular weight is 295 g/mol. The van der Waals surface area contributed by atoms with Gasteiger partial charge in [-0.15, -0.1) is 0 Å². The second kappa shape index (κ2) is 9.83. The van der Waals surface area contributed by atoms with Crippen molar-refractivity contribution in [2.75, 3.05) is 18.9 Å². The van der Waals surface area contributed by atoms with Crippen molar-refractivity contribution in [2.24, 2.45) is 0 Å². The van der Waals surface area contributed by atoms with E-state index in [9.17, 15) is 4.79 Å². The monoisotopic (exact) mass is 295 g/mol. The average Bonchev–Trinajstić information content (AvgIpc) is 2.42. The number of carbonyl (C=O) groups is 1. The van der Waals surface area contributed by atoms with Crippen LogP contribution in [0.25, 0.3) is 0 Å². The van der Waals surface area contributed by atoms with Gasteiger partial charge in [0.1, 0.15) is 6.04 Å². The summed E-state index contributed by atoms with van der Waals surface area (Å²) in [5.41, 5.74) is 2.63. The normalized spacial score (nSPS) is 12.2. The lowest BCUT2D eigenvalue weighted by Crippen LogP contribution is -2.38. The summed E-state index contributed by atoms with van der Waals surface area (Å²) in [4.78, 5) is 11.7. The summed E-state index contributed by atoms with van der Waals surface area (Å²) in [6.07, 6.45) is 0.809. The molecular weight excluding hydrogens is 270 g/mol. The van der Waals surface area contributed by atoms with E-state index in [0.29, 0.717) is 6.61 Å². The first-order chi connectivity index (χ1) is 9.67. The predicted octanol–water partition coefficient (Wildman–Crippen LogP) is 3.16. The standard InChI is InChI=1S/C16H25NO2S/c1-4-17-15(16(18)19-5-2)9-10-20-12-14-8-6-7-13(3)11-14/h6-8,11,15,17H,4-5,9-10,12H2,1-3H3. The molecule has 20 heavy (non-hydrogen) atoms. The van der Waals surface area contributed by atoms with E-state index in [0.717, 1.165) is 24.5 Å². The number of hydrogen-bond donors (Lipinski definition) is 1. The van der Waals surface area contributed by atoms with Crippen molar-refractivity contribution in [3.05, 3.63) is 35.4 Å². The van der Waals surface area contributed by atoms with Gasteiger partial charge in [0.15, 0.2) is 0 Å². The Morgan fingerprint density at radius 1 is 1.40 bits per heavy atom. The number of aryl methyl sites for hydroxylation is 1. The van der Waals surface area contributed by atoms with Crippen LogP contribution in [0.5, 0.6) is 0 Å². The molecule has 112 valence electrons. The molecule has 1 atom stereocenters. The molecule has 0 spiro atoms. The van der Waals surface area contributed by atoms with Crippen molar-refractivity contribution in [1.29, 1.82) is 0 Å². The molecule has 4 heteroatoms. The van der Waals surface area contributed by atoms with E-state index in [-0.39, 0.29) is 12.0 Å². The molecule has 0 amide bonds. The SMILES string of the molecule is CCNC(CCSCc1cccc(C)c1)C(=O)OCC. The van der Waals surface area contributed by atoms with E-state index in [1.54, 1.807) is 0 Å². The Bertz CT molecular complexity index is 409. The first kappa shape index (κ1) is 17.1. The fraction of sp³-hybridized carbons (Fsp3) is 0.562. The van der Waals surface area contributed by atoms with Crippen LogP contribution in [0.1, 0.15) is 31.4 Å². The summed E-state index contributed by atoms with van der Waals surface area (Å²) in [7, 11) is 0. The fourth-order valence-electron chi connectivity index (χ4n) is 1.99. The maximum absolute atomic E-state index is 11.7. The summed E-state index contributed by atoms with van der Waals surface area (Å²) in [5, 5.41) is 3.19. The molecule has 0 saturated heterocycles. The largest absolute Gasteiger partial charge is 0.465 e. The molecule has 1 rings (SSSR count). The highest BCUT2D eigenvalue weighted by Crippen LogP contribution is 2.15. The summed E-state index contributed by atoms with van der Waals surface area (Å²) < 4.78 is 5.08. The highest BCUT2D eigenvalue weighted by Gasteiger charge is 2.17. The Balaban J connectivity index is 2.31. The number of carbonyl (C=O) groups excluding carboxylic acids is 1. The fourth-order valence-corrected chi connectivity index (χ4v) is 2.95. The third-order valence-electron chi connectivity index (χ3n) is 2.92. The Morgan fingerprint density at radius 2 is 2.20 bits per heavy atom. The smallest absolute Gasteiger partial charge is 0.323 e. The summed E-state index contributed by atoms with van der Waals surface area (Å²) in [5.74, 6) is 1.80. The van der Waals surface area contributed by atoms with Gasteiger partial charge in [-0.05, 0) is 38.1 Å². The molecule has 0 aliphatic carbocycles. The van der Waals surface area contributed by atoms with Gasteiger partial charge in [-0.2, -0.15) is 11.8 Å². The molecule has 0 saturated carbocycles. The lowest BCUT2D eigenvalue weighted by molar-refractivity contribution is -0.145. The minimum Gasteiger partial charge on any atom is -0.465 e. The first-order valence-electron chi connectivity index (χ1n) is 7.20. The molecule has 3 nitrogen and oxygen atoms in total. The van der Waals surface area contributed by atoms with Crippen LogP contribution in [0.2, 0.25) is 0 Å². The highest BCUT2D eigenvalue weighted by molar-refractivity contribution is 7.98. The van der Waals surface area contributed by atoms with Crippen molar-refractivity contribution in [3.8, 4) is 0 Å². The zero-order chi connectivity index (χ0) is 14.8. The Labute approximate surface area is 126 Å². The molecule has 0 radical (unpaired) electrons. The van der Waals surface area contributed by atoms with E-state index in [1.807, 2.05) is 25.6 Å². The van der Waals surface area contributed by atoms with Crippen LogP contribution in [0.4, 0.5) is 0 Å². The zero-order valence-electron chi connectivity index (χ0n) is 12.6. The second-order valence-electron chi connectivity index (χ2n) is 4.69. The molecule has 1 aromatic rings. The van der Waals surface area contributed by atoms with Gasteiger partial charge in [0.2, 0.25) is 0 Å². The van der Waals surface area contributed by atoms with Crippen molar-refractivity contribution >= 4 is 17.7 Å². The Kier molecular flexibility index (Phi) is 8.38. The molecule has 1 aromatic carbocycles. The maximum atomic E-state index is 11.7. The van der Waals surface area contributed by atoms with E-state index in [4.69, 9.17) is 4.74 Å². The van der Waals surface area contributed by atoms with Crippen LogP contribution in [-0.4, -0.2) is 30.9 Å². The Morgan fingerprint density at radius 3 is 2.85 bits per heavy atom. The number of likely N-dealkylation sites (N-methyl/N-ethyl adjacent to an activating group) is 1. The zero-order valence-corrected chi connectivity index (χ0v) is 13.5. The number of esters is 1. The highest BCUT2D eigenvalue weighted by atomic mass is 32.2. The number of ether oxygens (including phenoxy) is 1. The van der Waals surface area contributed by atoms with Gasteiger partial charge in [0.05, 0.1) is 6.61 Å². The lowest BCUT2D eigenvalue weighted by atomic mass is 10.2. The topological polar surface area (TPSA) is 38.3 Å². The second-order valence-corrected chi connectivity index (χ2v) is 5.80. The molecule has 0 aliphatic rings. The minimum atomic E-state index is -0.176. The van der Waals surface area contributed by atoms with Crippen LogP contribution in [0.15, 0.2) is 24.3 Å². The van der Waals surface area contributed by atoms with Gasteiger partial charge in [0, 0.05) is 5.75 Å². The Hall–Kier alpha value is -1.00. The maximum Gasteiger partial charge on any atom is 0.323 e. The van der Waals surface area contributed by atoms with E-state index >= 15 is 0 Å². The van der Waals surface area contributed by atoms with Crippen LogP contribution in [-0.2, 0) is 15.3 Å². The quantitative estimate of drug-likeness (QED) is 0.561. The van der Waals surface area contributed by atoms with E-state index in [1.165, 1.54) is 11.1 Å². The van der Waals surface area contributed by atoms with E-state index < -0.39 is 0 Å². The van der Waals surface area contributed by atoms with Crippen molar-refractivity contribution in [1.82, 2.24) is 5.32 Å². The summed E-state index contributed by atoms with van der Waals surface area (Å²) in [6.45, 7) is 7.18. The van der Waals surface area contributed by atoms with Crippen molar-refractivity contribution < 1.29 is 9.53 Å². The molecular formula is C16H25NO2S.